The molecule has 0 saturated heterocycles. The fourth-order valence-electron chi connectivity index (χ4n) is 2.42. The Labute approximate surface area is 97.3 Å². The van der Waals surface area contributed by atoms with Gasteiger partial charge in [-0.3, -0.25) is 0 Å². The summed E-state index contributed by atoms with van der Waals surface area (Å²) in [6.07, 6.45) is 6.62. The Morgan fingerprint density at radius 1 is 1.19 bits per heavy atom. The van der Waals surface area contributed by atoms with Crippen LogP contribution < -0.4 is 0 Å². The third-order valence-corrected chi connectivity index (χ3v) is 3.26. The van der Waals surface area contributed by atoms with Gasteiger partial charge in [-0.05, 0) is 43.7 Å². The first-order valence-electron chi connectivity index (χ1n) is 6.11. The van der Waals surface area contributed by atoms with E-state index in [4.69, 9.17) is 0 Å². The van der Waals surface area contributed by atoms with Crippen molar-refractivity contribution in [3.05, 3.63) is 35.3 Å². The quantitative estimate of drug-likeness (QED) is 0.761. The SMILES string of the molecule is CCC(CC)c1cc(C)cn2cc(C)nc12. The number of hydrogen-bond acceptors (Lipinski definition) is 1. The van der Waals surface area contributed by atoms with Gasteiger partial charge in [0.15, 0.2) is 0 Å². The van der Waals surface area contributed by atoms with Crippen LogP contribution in [0.4, 0.5) is 0 Å². The molecule has 0 aromatic carbocycles. The van der Waals surface area contributed by atoms with Crippen LogP contribution in [0.5, 0.6) is 0 Å². The number of imidazole rings is 1. The summed E-state index contributed by atoms with van der Waals surface area (Å²) in [6, 6.07) is 2.29. The third kappa shape index (κ3) is 1.84. The van der Waals surface area contributed by atoms with Gasteiger partial charge in [-0.25, -0.2) is 4.98 Å². The van der Waals surface area contributed by atoms with Gasteiger partial charge in [0, 0.05) is 12.4 Å². The van der Waals surface area contributed by atoms with Crippen LogP contribution >= 0.6 is 0 Å². The van der Waals surface area contributed by atoms with Gasteiger partial charge in [0.1, 0.15) is 5.65 Å². The zero-order chi connectivity index (χ0) is 11.7. The van der Waals surface area contributed by atoms with E-state index in [1.54, 1.807) is 0 Å². The van der Waals surface area contributed by atoms with Gasteiger partial charge in [-0.2, -0.15) is 0 Å². The molecule has 0 N–H and O–H groups in total. The van der Waals surface area contributed by atoms with E-state index in [1.807, 2.05) is 0 Å². The Bertz CT molecular complexity index is 493. The predicted molar refractivity (Wildman–Crippen MR) is 68.0 cm³/mol. The highest BCUT2D eigenvalue weighted by molar-refractivity contribution is 5.52. The Hall–Kier alpha value is -1.31. The molecule has 2 rings (SSSR count). The smallest absolute Gasteiger partial charge is 0.140 e. The van der Waals surface area contributed by atoms with Gasteiger partial charge in [-0.1, -0.05) is 19.9 Å². The molecule has 2 heteroatoms. The minimum Gasteiger partial charge on any atom is -0.306 e. The first-order valence-corrected chi connectivity index (χ1v) is 6.11. The maximum Gasteiger partial charge on any atom is 0.140 e. The largest absolute Gasteiger partial charge is 0.306 e. The van der Waals surface area contributed by atoms with Crippen LogP contribution in [0.25, 0.3) is 5.65 Å². The van der Waals surface area contributed by atoms with E-state index in [9.17, 15) is 0 Å². The van der Waals surface area contributed by atoms with Crippen molar-refractivity contribution in [1.82, 2.24) is 9.38 Å². The topological polar surface area (TPSA) is 17.3 Å². The molecule has 0 atom stereocenters. The maximum atomic E-state index is 4.63. The highest BCUT2D eigenvalue weighted by atomic mass is 15.0. The second-order valence-electron chi connectivity index (χ2n) is 4.60. The van der Waals surface area contributed by atoms with Crippen molar-refractivity contribution in [1.29, 1.82) is 0 Å². The summed E-state index contributed by atoms with van der Waals surface area (Å²) in [4.78, 5) is 4.63. The lowest BCUT2D eigenvalue weighted by molar-refractivity contribution is 0.642. The third-order valence-electron chi connectivity index (χ3n) is 3.26. The molecule has 0 radical (unpaired) electrons. The van der Waals surface area contributed by atoms with E-state index in [2.05, 4.69) is 55.5 Å². The molecule has 0 bridgehead atoms. The fraction of sp³-hybridized carbons (Fsp3) is 0.500. The van der Waals surface area contributed by atoms with Crippen LogP contribution in [0, 0.1) is 13.8 Å². The average Bonchev–Trinajstić information content (AvgIpc) is 2.60. The fourth-order valence-corrected chi connectivity index (χ4v) is 2.42. The lowest BCUT2D eigenvalue weighted by Crippen LogP contribution is -2.00. The molecule has 0 spiro atoms. The molecule has 2 heterocycles. The maximum absolute atomic E-state index is 4.63. The second-order valence-corrected chi connectivity index (χ2v) is 4.60. The van der Waals surface area contributed by atoms with Gasteiger partial charge in [0.2, 0.25) is 0 Å². The second kappa shape index (κ2) is 4.28. The lowest BCUT2D eigenvalue weighted by Gasteiger charge is -2.14. The van der Waals surface area contributed by atoms with Crippen LogP contribution in [0.15, 0.2) is 18.5 Å². The Morgan fingerprint density at radius 3 is 2.50 bits per heavy atom. The van der Waals surface area contributed by atoms with E-state index >= 15 is 0 Å². The van der Waals surface area contributed by atoms with Crippen molar-refractivity contribution in [3.63, 3.8) is 0 Å². The van der Waals surface area contributed by atoms with Gasteiger partial charge in [-0.15, -0.1) is 0 Å². The highest BCUT2D eigenvalue weighted by Crippen LogP contribution is 2.27. The monoisotopic (exact) mass is 216 g/mol. The normalized spacial score (nSPS) is 11.6. The van der Waals surface area contributed by atoms with Gasteiger partial charge in [0.05, 0.1) is 5.69 Å². The Kier molecular flexibility index (Phi) is 2.99. The molecule has 0 saturated carbocycles. The summed E-state index contributed by atoms with van der Waals surface area (Å²) in [5.74, 6) is 0.629. The minimum absolute atomic E-state index is 0.629. The first kappa shape index (κ1) is 11.2. The summed E-state index contributed by atoms with van der Waals surface area (Å²) in [6.45, 7) is 8.71. The van der Waals surface area contributed by atoms with Crippen molar-refractivity contribution in [2.24, 2.45) is 0 Å². The molecule has 0 amide bonds. The first-order chi connectivity index (χ1) is 7.65. The summed E-state index contributed by atoms with van der Waals surface area (Å²) < 4.78 is 2.16. The van der Waals surface area contributed by atoms with E-state index in [0.29, 0.717) is 5.92 Å². The molecule has 2 aromatic heterocycles. The van der Waals surface area contributed by atoms with E-state index in [-0.39, 0.29) is 0 Å². The number of hydrogen-bond donors (Lipinski definition) is 0. The Balaban J connectivity index is 2.66. The number of nitrogens with zero attached hydrogens (tertiary/aromatic N) is 2. The van der Waals surface area contributed by atoms with Crippen molar-refractivity contribution < 1.29 is 0 Å². The summed E-state index contributed by atoms with van der Waals surface area (Å²) in [5.41, 5.74) is 4.94. The summed E-state index contributed by atoms with van der Waals surface area (Å²) in [5, 5.41) is 0. The van der Waals surface area contributed by atoms with E-state index in [1.165, 1.54) is 24.0 Å². The van der Waals surface area contributed by atoms with Crippen LogP contribution in [0.3, 0.4) is 0 Å². The van der Waals surface area contributed by atoms with Crippen molar-refractivity contribution >= 4 is 5.65 Å². The van der Waals surface area contributed by atoms with Crippen molar-refractivity contribution in [2.45, 2.75) is 46.5 Å². The molecule has 0 fully saturated rings. The van der Waals surface area contributed by atoms with Crippen molar-refractivity contribution in [2.75, 3.05) is 0 Å². The number of aromatic nitrogens is 2. The van der Waals surface area contributed by atoms with E-state index < -0.39 is 0 Å². The van der Waals surface area contributed by atoms with Gasteiger partial charge < -0.3 is 4.40 Å². The standard InChI is InChI=1S/C14H20N2/c1-5-12(6-2)13-7-10(3)8-16-9-11(4)15-14(13)16/h7-9,12H,5-6H2,1-4H3. The zero-order valence-electron chi connectivity index (χ0n) is 10.6. The number of fused-ring (bicyclic) bond motifs is 1. The molecule has 2 nitrogen and oxygen atoms in total. The van der Waals surface area contributed by atoms with Crippen molar-refractivity contribution in [3.8, 4) is 0 Å². The molecule has 2 aromatic rings. The molecule has 0 unspecified atom stereocenters. The van der Waals surface area contributed by atoms with Gasteiger partial charge in [0.25, 0.3) is 0 Å². The number of aryl methyl sites for hydroxylation is 2. The molecular formula is C14H20N2. The molecule has 0 aliphatic carbocycles. The molecule has 0 aliphatic heterocycles. The zero-order valence-corrected chi connectivity index (χ0v) is 10.6. The van der Waals surface area contributed by atoms with Crippen LogP contribution in [0.2, 0.25) is 0 Å². The number of rotatable bonds is 3. The lowest BCUT2D eigenvalue weighted by atomic mass is 9.94. The molecular weight excluding hydrogens is 196 g/mol. The van der Waals surface area contributed by atoms with Crippen LogP contribution in [-0.2, 0) is 0 Å². The van der Waals surface area contributed by atoms with Gasteiger partial charge >= 0.3 is 0 Å². The predicted octanol–water partition coefficient (Wildman–Crippen LogP) is 3.85. The average molecular weight is 216 g/mol. The summed E-state index contributed by atoms with van der Waals surface area (Å²) in [7, 11) is 0. The van der Waals surface area contributed by atoms with Crippen LogP contribution in [-0.4, -0.2) is 9.38 Å². The Morgan fingerprint density at radius 2 is 1.88 bits per heavy atom. The molecule has 0 aliphatic rings. The van der Waals surface area contributed by atoms with E-state index in [0.717, 1.165) is 11.3 Å². The van der Waals surface area contributed by atoms with Crippen LogP contribution in [0.1, 0.15) is 49.4 Å². The number of pyridine rings is 1. The summed E-state index contributed by atoms with van der Waals surface area (Å²) >= 11 is 0. The molecule has 86 valence electrons. The highest BCUT2D eigenvalue weighted by Gasteiger charge is 2.13. The molecule has 16 heavy (non-hydrogen) atoms. The minimum atomic E-state index is 0.629.